The number of hydrogen-bond donors (Lipinski definition) is 1. The second-order valence-corrected chi connectivity index (χ2v) is 9.98. The van der Waals surface area contributed by atoms with Gasteiger partial charge >= 0.3 is 0 Å². The van der Waals surface area contributed by atoms with Crippen LogP contribution in [0.25, 0.3) is 6.08 Å². The number of amides is 3. The quantitative estimate of drug-likeness (QED) is 0.302. The zero-order valence-corrected chi connectivity index (χ0v) is 22.8. The molecule has 1 saturated heterocycles. The highest BCUT2D eigenvalue weighted by molar-refractivity contribution is 8.18. The van der Waals surface area contributed by atoms with Crippen LogP contribution in [0.3, 0.4) is 0 Å². The minimum Gasteiger partial charge on any atom is -0.490 e. The number of nitrogens with one attached hydrogen (secondary N) is 1. The van der Waals surface area contributed by atoms with Crippen LogP contribution in [-0.4, -0.2) is 35.2 Å². The molecule has 1 heterocycles. The van der Waals surface area contributed by atoms with Crippen molar-refractivity contribution in [1.29, 1.82) is 0 Å². The van der Waals surface area contributed by atoms with E-state index in [1.165, 1.54) is 4.90 Å². The van der Waals surface area contributed by atoms with Crippen LogP contribution in [0.2, 0.25) is 5.02 Å². The van der Waals surface area contributed by atoms with Gasteiger partial charge in [0.15, 0.2) is 18.1 Å². The van der Waals surface area contributed by atoms with E-state index in [2.05, 4.69) is 5.32 Å². The van der Waals surface area contributed by atoms with Crippen LogP contribution in [0, 0.1) is 13.8 Å². The zero-order valence-electron chi connectivity index (χ0n) is 21.2. The summed E-state index contributed by atoms with van der Waals surface area (Å²) in [6.07, 6.45) is 1.64. The summed E-state index contributed by atoms with van der Waals surface area (Å²) in [6.45, 7) is 6.04. The van der Waals surface area contributed by atoms with Crippen LogP contribution < -0.4 is 14.8 Å². The molecule has 0 bridgehead atoms. The van der Waals surface area contributed by atoms with Crippen molar-refractivity contribution in [2.24, 2.45) is 0 Å². The van der Waals surface area contributed by atoms with Crippen LogP contribution in [-0.2, 0) is 16.1 Å². The van der Waals surface area contributed by atoms with E-state index in [-0.39, 0.29) is 30.2 Å². The molecule has 0 saturated carbocycles. The lowest BCUT2D eigenvalue weighted by molar-refractivity contribution is -0.123. The first-order valence-electron chi connectivity index (χ1n) is 12.0. The van der Waals surface area contributed by atoms with Crippen LogP contribution in [0.4, 0.5) is 10.5 Å². The molecule has 0 unspecified atom stereocenters. The molecule has 3 amide bonds. The van der Waals surface area contributed by atoms with Crippen molar-refractivity contribution in [3.8, 4) is 11.5 Å². The van der Waals surface area contributed by atoms with Gasteiger partial charge in [0.25, 0.3) is 17.1 Å². The Kier molecular flexibility index (Phi) is 8.76. The first-order valence-corrected chi connectivity index (χ1v) is 13.2. The van der Waals surface area contributed by atoms with Gasteiger partial charge in [0.1, 0.15) is 0 Å². The van der Waals surface area contributed by atoms with E-state index < -0.39 is 0 Å². The van der Waals surface area contributed by atoms with Crippen LogP contribution in [0.15, 0.2) is 65.6 Å². The van der Waals surface area contributed by atoms with E-state index in [4.69, 9.17) is 21.1 Å². The Morgan fingerprint density at radius 2 is 1.82 bits per heavy atom. The van der Waals surface area contributed by atoms with Gasteiger partial charge in [-0.25, -0.2) is 0 Å². The van der Waals surface area contributed by atoms with Crippen LogP contribution >= 0.6 is 23.4 Å². The summed E-state index contributed by atoms with van der Waals surface area (Å²) in [6, 6.07) is 17.9. The maximum absolute atomic E-state index is 13.0. The number of thioether (sulfide) groups is 1. The number of imide groups is 1. The number of anilines is 1. The average molecular weight is 551 g/mol. The Morgan fingerprint density at radius 3 is 2.58 bits per heavy atom. The van der Waals surface area contributed by atoms with Crippen LogP contribution in [0.5, 0.6) is 11.5 Å². The smallest absolute Gasteiger partial charge is 0.293 e. The normalized spacial score (nSPS) is 14.2. The molecule has 1 aliphatic heterocycles. The average Bonchev–Trinajstić information content (AvgIpc) is 3.15. The van der Waals surface area contributed by atoms with E-state index in [9.17, 15) is 14.4 Å². The number of ether oxygens (including phenoxy) is 2. The lowest BCUT2D eigenvalue weighted by atomic mass is 10.1. The van der Waals surface area contributed by atoms with E-state index in [0.29, 0.717) is 39.2 Å². The third-order valence-electron chi connectivity index (χ3n) is 5.96. The maximum atomic E-state index is 13.0. The Hall–Kier alpha value is -3.75. The van der Waals surface area contributed by atoms with Crippen molar-refractivity contribution in [2.75, 3.05) is 18.5 Å². The molecule has 3 aromatic carbocycles. The topological polar surface area (TPSA) is 84.9 Å². The minimum absolute atomic E-state index is 0.1000. The van der Waals surface area contributed by atoms with Crippen molar-refractivity contribution < 1.29 is 23.9 Å². The Labute approximate surface area is 230 Å². The second kappa shape index (κ2) is 12.2. The molecule has 0 aliphatic carbocycles. The Morgan fingerprint density at radius 1 is 1.03 bits per heavy atom. The van der Waals surface area contributed by atoms with Gasteiger partial charge in [-0.15, -0.1) is 0 Å². The van der Waals surface area contributed by atoms with Gasteiger partial charge in [0.2, 0.25) is 0 Å². The molecular weight excluding hydrogens is 524 g/mol. The molecule has 4 rings (SSSR count). The number of aryl methyl sites for hydroxylation is 1. The SMILES string of the molecule is CCOc1cc(/C=C2\SC(=O)N(Cc3ccccc3Cl)C2=O)ccc1OCC(=O)Nc1cccc(C)c1C. The van der Waals surface area contributed by atoms with Crippen molar-refractivity contribution >= 4 is 52.2 Å². The minimum atomic E-state index is -0.388. The van der Waals surface area contributed by atoms with Gasteiger partial charge in [0.05, 0.1) is 18.1 Å². The molecule has 1 aliphatic rings. The molecule has 9 heteroatoms. The molecular formula is C29H27ClN2O5S. The molecule has 1 fully saturated rings. The van der Waals surface area contributed by atoms with Crippen molar-refractivity contribution in [2.45, 2.75) is 27.3 Å². The van der Waals surface area contributed by atoms with Gasteiger partial charge in [-0.3, -0.25) is 19.3 Å². The molecule has 0 spiro atoms. The van der Waals surface area contributed by atoms with E-state index >= 15 is 0 Å². The van der Waals surface area contributed by atoms with E-state index in [1.54, 1.807) is 42.5 Å². The number of benzene rings is 3. The van der Waals surface area contributed by atoms with Crippen molar-refractivity contribution in [3.05, 3.63) is 92.8 Å². The van der Waals surface area contributed by atoms with E-state index in [0.717, 1.165) is 28.6 Å². The lowest BCUT2D eigenvalue weighted by Crippen LogP contribution is -2.27. The molecule has 0 radical (unpaired) electrons. The highest BCUT2D eigenvalue weighted by Crippen LogP contribution is 2.36. The Bertz CT molecular complexity index is 1420. The number of carbonyl (C=O) groups excluding carboxylic acids is 3. The molecule has 196 valence electrons. The van der Waals surface area contributed by atoms with Crippen LogP contribution in [0.1, 0.15) is 29.2 Å². The third kappa shape index (κ3) is 6.38. The van der Waals surface area contributed by atoms with Gasteiger partial charge in [-0.2, -0.15) is 0 Å². The molecule has 38 heavy (non-hydrogen) atoms. The lowest BCUT2D eigenvalue weighted by Gasteiger charge is -2.14. The highest BCUT2D eigenvalue weighted by Gasteiger charge is 2.35. The molecule has 7 nitrogen and oxygen atoms in total. The summed E-state index contributed by atoms with van der Waals surface area (Å²) in [4.78, 5) is 39.5. The van der Waals surface area contributed by atoms with E-state index in [1.807, 2.05) is 45.0 Å². The molecule has 0 aromatic heterocycles. The van der Waals surface area contributed by atoms with Gasteiger partial charge < -0.3 is 14.8 Å². The predicted molar refractivity (Wildman–Crippen MR) is 151 cm³/mol. The summed E-state index contributed by atoms with van der Waals surface area (Å²) in [5.74, 6) is 0.141. The summed E-state index contributed by atoms with van der Waals surface area (Å²) < 4.78 is 11.5. The van der Waals surface area contributed by atoms with Crippen molar-refractivity contribution in [1.82, 2.24) is 4.90 Å². The summed E-state index contributed by atoms with van der Waals surface area (Å²) in [5.41, 5.74) is 4.17. The number of rotatable bonds is 9. The number of carbonyl (C=O) groups is 3. The Balaban J connectivity index is 1.45. The van der Waals surface area contributed by atoms with Gasteiger partial charge in [-0.05, 0) is 85.1 Å². The molecule has 0 atom stereocenters. The monoisotopic (exact) mass is 550 g/mol. The first-order chi connectivity index (χ1) is 18.3. The maximum Gasteiger partial charge on any atom is 0.293 e. The fourth-order valence-electron chi connectivity index (χ4n) is 3.80. The highest BCUT2D eigenvalue weighted by atomic mass is 35.5. The third-order valence-corrected chi connectivity index (χ3v) is 7.24. The van der Waals surface area contributed by atoms with Crippen molar-refractivity contribution in [3.63, 3.8) is 0 Å². The summed E-state index contributed by atoms with van der Waals surface area (Å²) >= 11 is 7.08. The fourth-order valence-corrected chi connectivity index (χ4v) is 4.84. The van der Waals surface area contributed by atoms with Gasteiger partial charge in [0, 0.05) is 10.7 Å². The van der Waals surface area contributed by atoms with Gasteiger partial charge in [-0.1, -0.05) is 48.0 Å². The molecule has 1 N–H and O–H groups in total. The number of halogens is 1. The first kappa shape index (κ1) is 27.3. The predicted octanol–water partition coefficient (Wildman–Crippen LogP) is 6.61. The standard InChI is InChI=1S/C29H27ClN2O5S/c1-4-36-25-14-20(12-13-24(25)37-17-27(33)31-23-11-7-8-18(2)19(23)3)15-26-28(34)32(29(35)38-26)16-21-9-5-6-10-22(21)30/h5-15H,4,16-17H2,1-3H3,(H,31,33)/b26-15-. The largest absolute Gasteiger partial charge is 0.490 e. The summed E-state index contributed by atoms with van der Waals surface area (Å²) in [5, 5.41) is 3.00. The second-order valence-electron chi connectivity index (χ2n) is 8.58. The molecule has 3 aromatic rings. The summed E-state index contributed by atoms with van der Waals surface area (Å²) in [7, 11) is 0. The zero-order chi connectivity index (χ0) is 27.2. The fraction of sp³-hybridized carbons (Fsp3) is 0.207. The number of nitrogens with zero attached hydrogens (tertiary/aromatic N) is 1. The number of hydrogen-bond acceptors (Lipinski definition) is 6.